The van der Waals surface area contributed by atoms with Crippen LogP contribution in [0.1, 0.15) is 28.4 Å². The molecule has 0 heterocycles. The summed E-state index contributed by atoms with van der Waals surface area (Å²) in [5.41, 5.74) is 2.22. The van der Waals surface area contributed by atoms with Crippen molar-refractivity contribution in [3.05, 3.63) is 71.0 Å². The van der Waals surface area contributed by atoms with Gasteiger partial charge in [0.2, 0.25) is 10.0 Å². The van der Waals surface area contributed by atoms with Gasteiger partial charge in [-0.2, -0.15) is 0 Å². The van der Waals surface area contributed by atoms with Crippen molar-refractivity contribution in [3.8, 4) is 0 Å². The number of nitrogens with one attached hydrogen (secondary N) is 1. The van der Waals surface area contributed by atoms with Crippen LogP contribution >= 0.6 is 0 Å². The topological polar surface area (TPSA) is 66.5 Å². The largest absolute Gasteiger partial charge is 0.335 e. The number of amides is 1. The number of carbonyl (C=O) groups excluding carboxylic acids is 1. The van der Waals surface area contributed by atoms with Crippen LogP contribution in [-0.4, -0.2) is 38.6 Å². The summed E-state index contributed by atoms with van der Waals surface area (Å²) in [7, 11) is -3.20. The Kier molecular flexibility index (Phi) is 6.88. The Hall–Kier alpha value is -2.25. The summed E-state index contributed by atoms with van der Waals surface area (Å²) in [6, 6.07) is 13.3. The molecule has 0 fully saturated rings. The molecule has 0 radical (unpaired) electrons. The highest BCUT2D eigenvalue weighted by Crippen LogP contribution is 2.12. The van der Waals surface area contributed by atoms with Crippen molar-refractivity contribution in [2.75, 3.05) is 19.3 Å². The molecular weight excluding hydrogens is 355 g/mol. The molecule has 0 aliphatic rings. The summed E-state index contributed by atoms with van der Waals surface area (Å²) < 4.78 is 37.9. The van der Waals surface area contributed by atoms with Crippen molar-refractivity contribution in [2.45, 2.75) is 19.9 Å². The zero-order valence-corrected chi connectivity index (χ0v) is 15.7. The van der Waals surface area contributed by atoms with Crippen molar-refractivity contribution in [1.82, 2.24) is 9.62 Å². The van der Waals surface area contributed by atoms with Gasteiger partial charge in [0.1, 0.15) is 5.82 Å². The molecule has 7 heteroatoms. The van der Waals surface area contributed by atoms with Gasteiger partial charge in [0.05, 0.1) is 6.26 Å². The second kappa shape index (κ2) is 8.91. The number of nitrogens with zero attached hydrogens (tertiary/aromatic N) is 1. The molecule has 5 nitrogen and oxygen atoms in total. The molecule has 0 saturated carbocycles. The number of hydrogen-bond acceptors (Lipinski definition) is 3. The maximum Gasteiger partial charge on any atom is 0.254 e. The Morgan fingerprint density at radius 3 is 2.38 bits per heavy atom. The number of hydrogen-bond donors (Lipinski definition) is 1. The summed E-state index contributed by atoms with van der Waals surface area (Å²) in [6.07, 6.45) is 1.66. The molecule has 2 rings (SSSR count). The van der Waals surface area contributed by atoms with Gasteiger partial charge in [0, 0.05) is 25.2 Å². The molecule has 0 aliphatic heterocycles. The van der Waals surface area contributed by atoms with Crippen LogP contribution in [0.3, 0.4) is 0 Å². The molecular formula is C19H23FN2O3S. The van der Waals surface area contributed by atoms with Crippen molar-refractivity contribution in [3.63, 3.8) is 0 Å². The molecule has 1 amide bonds. The second-order valence-electron chi connectivity index (χ2n) is 6.06. The Labute approximate surface area is 153 Å². The zero-order valence-electron chi connectivity index (χ0n) is 14.9. The maximum atomic E-state index is 13.3. The van der Waals surface area contributed by atoms with Crippen molar-refractivity contribution in [2.24, 2.45) is 0 Å². The van der Waals surface area contributed by atoms with E-state index in [-0.39, 0.29) is 11.7 Å². The van der Waals surface area contributed by atoms with Gasteiger partial charge in [-0.3, -0.25) is 4.79 Å². The highest BCUT2D eigenvalue weighted by Gasteiger charge is 2.15. The second-order valence-corrected chi connectivity index (χ2v) is 7.90. The smallest absolute Gasteiger partial charge is 0.254 e. The van der Waals surface area contributed by atoms with E-state index in [1.54, 1.807) is 29.2 Å². The van der Waals surface area contributed by atoms with Crippen LogP contribution in [0.5, 0.6) is 0 Å². The average molecular weight is 378 g/mol. The molecule has 140 valence electrons. The summed E-state index contributed by atoms with van der Waals surface area (Å²) in [5, 5.41) is 0. The van der Waals surface area contributed by atoms with Crippen LogP contribution in [0.15, 0.2) is 48.5 Å². The van der Waals surface area contributed by atoms with E-state index in [4.69, 9.17) is 0 Å². The lowest BCUT2D eigenvalue weighted by Crippen LogP contribution is -2.30. The fourth-order valence-corrected chi connectivity index (χ4v) is 3.03. The molecule has 1 N–H and O–H groups in total. The lowest BCUT2D eigenvalue weighted by Gasteiger charge is -2.21. The van der Waals surface area contributed by atoms with Gasteiger partial charge in [0.25, 0.3) is 5.91 Å². The molecule has 2 aromatic rings. The van der Waals surface area contributed by atoms with E-state index in [2.05, 4.69) is 4.72 Å². The highest BCUT2D eigenvalue weighted by atomic mass is 32.2. The first kappa shape index (κ1) is 20.1. The molecule has 0 aromatic heterocycles. The van der Waals surface area contributed by atoms with E-state index >= 15 is 0 Å². The van der Waals surface area contributed by atoms with E-state index in [1.165, 1.54) is 12.1 Å². The van der Waals surface area contributed by atoms with Gasteiger partial charge in [-0.25, -0.2) is 17.5 Å². The van der Waals surface area contributed by atoms with Gasteiger partial charge < -0.3 is 4.90 Å². The lowest BCUT2D eigenvalue weighted by atomic mass is 10.1. The minimum atomic E-state index is -3.20. The molecule has 0 bridgehead atoms. The van der Waals surface area contributed by atoms with Crippen LogP contribution in [0, 0.1) is 5.82 Å². The van der Waals surface area contributed by atoms with Gasteiger partial charge >= 0.3 is 0 Å². The first-order valence-electron chi connectivity index (χ1n) is 8.36. The third-order valence-corrected chi connectivity index (χ3v) is 4.64. The number of carbonyl (C=O) groups is 1. The predicted octanol–water partition coefficient (Wildman–Crippen LogP) is 2.58. The summed E-state index contributed by atoms with van der Waals surface area (Å²) in [5.74, 6) is -0.448. The standard InChI is InChI=1S/C19H23FN2O3S/c1-3-22(14-16-5-4-6-18(20)13-16)19(23)17-9-7-15(8-10-17)11-12-21-26(2,24)25/h4-10,13,21H,3,11-12,14H2,1-2H3. The molecule has 26 heavy (non-hydrogen) atoms. The molecule has 0 saturated heterocycles. The van der Waals surface area contributed by atoms with Gasteiger partial charge in [-0.1, -0.05) is 24.3 Å². The van der Waals surface area contributed by atoms with E-state index in [0.29, 0.717) is 31.6 Å². The van der Waals surface area contributed by atoms with E-state index < -0.39 is 10.0 Å². The van der Waals surface area contributed by atoms with Gasteiger partial charge in [-0.15, -0.1) is 0 Å². The summed E-state index contributed by atoms with van der Waals surface area (Å²) in [6.45, 7) is 3.04. The van der Waals surface area contributed by atoms with Crippen LogP contribution in [0.4, 0.5) is 4.39 Å². The lowest BCUT2D eigenvalue weighted by molar-refractivity contribution is 0.0752. The highest BCUT2D eigenvalue weighted by molar-refractivity contribution is 7.88. The van der Waals surface area contributed by atoms with Crippen molar-refractivity contribution < 1.29 is 17.6 Å². The number of halogens is 1. The van der Waals surface area contributed by atoms with E-state index in [1.807, 2.05) is 19.1 Å². The Balaban J connectivity index is 2.00. The number of rotatable bonds is 8. The van der Waals surface area contributed by atoms with Crippen LogP contribution < -0.4 is 4.72 Å². The average Bonchev–Trinajstić information content (AvgIpc) is 2.59. The van der Waals surface area contributed by atoms with Crippen LogP contribution in [0.2, 0.25) is 0 Å². The first-order valence-corrected chi connectivity index (χ1v) is 10.2. The van der Waals surface area contributed by atoms with E-state index in [0.717, 1.165) is 17.4 Å². The molecule has 0 spiro atoms. The van der Waals surface area contributed by atoms with Crippen LogP contribution in [0.25, 0.3) is 0 Å². The zero-order chi connectivity index (χ0) is 19.2. The minimum absolute atomic E-state index is 0.127. The molecule has 2 aromatic carbocycles. The van der Waals surface area contributed by atoms with E-state index in [9.17, 15) is 17.6 Å². The monoisotopic (exact) mass is 378 g/mol. The van der Waals surface area contributed by atoms with Crippen LogP contribution in [-0.2, 0) is 23.0 Å². The van der Waals surface area contributed by atoms with Gasteiger partial charge in [-0.05, 0) is 48.7 Å². The Morgan fingerprint density at radius 1 is 1.12 bits per heavy atom. The quantitative estimate of drug-likeness (QED) is 0.768. The Morgan fingerprint density at radius 2 is 1.81 bits per heavy atom. The minimum Gasteiger partial charge on any atom is -0.335 e. The number of sulfonamides is 1. The third kappa shape index (κ3) is 6.24. The van der Waals surface area contributed by atoms with Crippen molar-refractivity contribution >= 4 is 15.9 Å². The molecule has 0 atom stereocenters. The third-order valence-electron chi connectivity index (χ3n) is 3.91. The maximum absolute atomic E-state index is 13.3. The normalized spacial score (nSPS) is 11.3. The fourth-order valence-electron chi connectivity index (χ4n) is 2.56. The predicted molar refractivity (Wildman–Crippen MR) is 99.8 cm³/mol. The summed E-state index contributed by atoms with van der Waals surface area (Å²) in [4.78, 5) is 14.3. The molecule has 0 aliphatic carbocycles. The Bertz CT molecular complexity index is 851. The summed E-state index contributed by atoms with van der Waals surface area (Å²) >= 11 is 0. The molecule has 0 unspecified atom stereocenters. The first-order chi connectivity index (χ1) is 12.3. The SMILES string of the molecule is CCN(Cc1cccc(F)c1)C(=O)c1ccc(CCNS(C)(=O)=O)cc1. The van der Waals surface area contributed by atoms with Crippen molar-refractivity contribution in [1.29, 1.82) is 0 Å². The van der Waals surface area contributed by atoms with Gasteiger partial charge in [0.15, 0.2) is 0 Å². The fraction of sp³-hybridized carbons (Fsp3) is 0.316. The number of benzene rings is 2.